The molecular weight excluding hydrogens is 328 g/mol. The standard InChI is InChI=1S/C12H12N4O4S2/c1-7-14-15-12(22-7)21-6-11(17)13-9-5-8(16(18)19)3-4-10(9)20-2/h3-5H,6H2,1-2H3,(H,13,17). The first kappa shape index (κ1) is 16.2. The summed E-state index contributed by atoms with van der Waals surface area (Å²) in [6.45, 7) is 1.83. The van der Waals surface area contributed by atoms with Gasteiger partial charge in [0.2, 0.25) is 5.91 Å². The summed E-state index contributed by atoms with van der Waals surface area (Å²) in [4.78, 5) is 22.2. The molecule has 0 radical (unpaired) electrons. The lowest BCUT2D eigenvalue weighted by Crippen LogP contribution is -2.14. The largest absolute Gasteiger partial charge is 0.495 e. The molecular formula is C12H12N4O4S2. The summed E-state index contributed by atoms with van der Waals surface area (Å²) in [5.41, 5.74) is 0.138. The number of nitro benzene ring substituents is 1. The topological polar surface area (TPSA) is 107 Å². The van der Waals surface area contributed by atoms with Crippen LogP contribution in [0, 0.1) is 17.0 Å². The van der Waals surface area contributed by atoms with Crippen LogP contribution in [0.15, 0.2) is 22.5 Å². The zero-order chi connectivity index (χ0) is 16.1. The summed E-state index contributed by atoms with van der Waals surface area (Å²) in [5.74, 6) is 0.174. The molecule has 8 nitrogen and oxygen atoms in total. The summed E-state index contributed by atoms with van der Waals surface area (Å²) in [7, 11) is 1.43. The van der Waals surface area contributed by atoms with E-state index in [1.807, 2.05) is 6.92 Å². The quantitative estimate of drug-likeness (QED) is 0.489. The third-order valence-electron chi connectivity index (χ3n) is 2.50. The first-order valence-corrected chi connectivity index (χ1v) is 7.85. The van der Waals surface area contributed by atoms with Crippen molar-refractivity contribution in [3.05, 3.63) is 33.3 Å². The van der Waals surface area contributed by atoms with Crippen LogP contribution in [0.5, 0.6) is 5.75 Å². The van der Waals surface area contributed by atoms with Gasteiger partial charge in [-0.05, 0) is 13.0 Å². The Bertz CT molecular complexity index is 704. The lowest BCUT2D eigenvalue weighted by Gasteiger charge is -2.09. The molecule has 0 fully saturated rings. The van der Waals surface area contributed by atoms with Gasteiger partial charge in [0.05, 0.1) is 23.5 Å². The molecule has 1 N–H and O–H groups in total. The molecule has 1 aromatic carbocycles. The fourth-order valence-corrected chi connectivity index (χ4v) is 3.17. The molecule has 1 aromatic heterocycles. The number of methoxy groups -OCH3 is 1. The van der Waals surface area contributed by atoms with Gasteiger partial charge in [-0.25, -0.2) is 0 Å². The van der Waals surface area contributed by atoms with Crippen molar-refractivity contribution in [2.24, 2.45) is 0 Å². The first-order valence-electron chi connectivity index (χ1n) is 6.05. The predicted molar refractivity (Wildman–Crippen MR) is 83.6 cm³/mol. The number of nitrogens with zero attached hydrogens (tertiary/aromatic N) is 3. The van der Waals surface area contributed by atoms with E-state index in [0.717, 1.165) is 5.01 Å². The fraction of sp³-hybridized carbons (Fsp3) is 0.250. The molecule has 0 atom stereocenters. The SMILES string of the molecule is COc1ccc([N+](=O)[O-])cc1NC(=O)CSc1nnc(C)s1. The number of non-ortho nitro benzene ring substituents is 1. The number of rotatable bonds is 6. The number of amides is 1. The Morgan fingerprint density at radius 2 is 2.27 bits per heavy atom. The smallest absolute Gasteiger partial charge is 0.271 e. The van der Waals surface area contributed by atoms with Gasteiger partial charge in [0, 0.05) is 12.1 Å². The number of hydrogen-bond acceptors (Lipinski definition) is 8. The van der Waals surface area contributed by atoms with Gasteiger partial charge in [-0.15, -0.1) is 10.2 Å². The molecule has 1 amide bonds. The second-order valence-electron chi connectivity index (χ2n) is 4.07. The number of hydrogen-bond donors (Lipinski definition) is 1. The number of benzene rings is 1. The molecule has 0 saturated carbocycles. The Morgan fingerprint density at radius 3 is 2.86 bits per heavy atom. The van der Waals surface area contributed by atoms with Crippen molar-refractivity contribution < 1.29 is 14.5 Å². The van der Waals surface area contributed by atoms with Crippen molar-refractivity contribution >= 4 is 40.4 Å². The highest BCUT2D eigenvalue weighted by Crippen LogP contribution is 2.29. The Labute approximate surface area is 134 Å². The first-order chi connectivity index (χ1) is 10.5. The highest BCUT2D eigenvalue weighted by molar-refractivity contribution is 8.01. The minimum atomic E-state index is -0.534. The highest BCUT2D eigenvalue weighted by Gasteiger charge is 2.14. The third kappa shape index (κ3) is 4.15. The lowest BCUT2D eigenvalue weighted by molar-refractivity contribution is -0.384. The molecule has 0 aliphatic carbocycles. The molecule has 1 heterocycles. The van der Waals surface area contributed by atoms with Crippen LogP contribution in [-0.2, 0) is 4.79 Å². The van der Waals surface area contributed by atoms with E-state index in [1.54, 1.807) is 0 Å². The minimum Gasteiger partial charge on any atom is -0.495 e. The number of carbonyl (C=O) groups excluding carboxylic acids is 1. The molecule has 0 bridgehead atoms. The molecule has 0 saturated heterocycles. The van der Waals surface area contributed by atoms with E-state index in [1.165, 1.54) is 48.4 Å². The maximum atomic E-state index is 11.9. The van der Waals surface area contributed by atoms with Crippen LogP contribution in [0.3, 0.4) is 0 Å². The molecule has 0 unspecified atom stereocenters. The zero-order valence-electron chi connectivity index (χ0n) is 11.7. The van der Waals surface area contributed by atoms with E-state index in [-0.39, 0.29) is 23.0 Å². The Kier molecular flexibility index (Phi) is 5.28. The van der Waals surface area contributed by atoms with Gasteiger partial charge in [-0.3, -0.25) is 14.9 Å². The molecule has 2 aromatic rings. The monoisotopic (exact) mass is 340 g/mol. The summed E-state index contributed by atoms with van der Waals surface area (Å²) >= 11 is 2.65. The Hall–Kier alpha value is -2.20. The molecule has 2 rings (SSSR count). The Morgan fingerprint density at radius 1 is 1.50 bits per heavy atom. The summed E-state index contributed by atoms with van der Waals surface area (Å²) in [5, 5.41) is 22.0. The van der Waals surface area contributed by atoms with Crippen LogP contribution < -0.4 is 10.1 Å². The van der Waals surface area contributed by atoms with Crippen molar-refractivity contribution in [3.63, 3.8) is 0 Å². The van der Waals surface area contributed by atoms with Crippen LogP contribution in [-0.4, -0.2) is 33.9 Å². The third-order valence-corrected chi connectivity index (χ3v) is 4.47. The van der Waals surface area contributed by atoms with Crippen LogP contribution in [0.25, 0.3) is 0 Å². The maximum Gasteiger partial charge on any atom is 0.271 e. The van der Waals surface area contributed by atoms with Crippen LogP contribution in [0.1, 0.15) is 5.01 Å². The van der Waals surface area contributed by atoms with Gasteiger partial charge in [0.1, 0.15) is 10.8 Å². The van der Waals surface area contributed by atoms with E-state index in [9.17, 15) is 14.9 Å². The van der Waals surface area contributed by atoms with Crippen molar-refractivity contribution in [1.82, 2.24) is 10.2 Å². The number of nitro groups is 1. The number of aryl methyl sites for hydroxylation is 1. The number of aromatic nitrogens is 2. The van der Waals surface area contributed by atoms with Crippen molar-refractivity contribution in [1.29, 1.82) is 0 Å². The highest BCUT2D eigenvalue weighted by atomic mass is 32.2. The van der Waals surface area contributed by atoms with E-state index in [4.69, 9.17) is 4.74 Å². The molecule has 116 valence electrons. The molecule has 0 spiro atoms. The number of ether oxygens (including phenoxy) is 1. The van der Waals surface area contributed by atoms with Crippen molar-refractivity contribution in [2.45, 2.75) is 11.3 Å². The van der Waals surface area contributed by atoms with Crippen LogP contribution in [0.2, 0.25) is 0 Å². The predicted octanol–water partition coefficient (Wildman–Crippen LogP) is 2.49. The average molecular weight is 340 g/mol. The summed E-state index contributed by atoms with van der Waals surface area (Å²) in [6.07, 6.45) is 0. The number of thioether (sulfide) groups is 1. The van der Waals surface area contributed by atoms with Crippen molar-refractivity contribution in [2.75, 3.05) is 18.2 Å². The average Bonchev–Trinajstić information content (AvgIpc) is 2.90. The second kappa shape index (κ2) is 7.18. The molecule has 10 heteroatoms. The minimum absolute atomic E-state index is 0.122. The second-order valence-corrected chi connectivity index (χ2v) is 6.47. The zero-order valence-corrected chi connectivity index (χ0v) is 13.4. The maximum absolute atomic E-state index is 11.9. The molecule has 0 aliphatic rings. The molecule has 22 heavy (non-hydrogen) atoms. The van der Waals surface area contributed by atoms with Gasteiger partial charge >= 0.3 is 0 Å². The normalized spacial score (nSPS) is 10.3. The van der Waals surface area contributed by atoms with Gasteiger partial charge in [-0.2, -0.15) is 0 Å². The summed E-state index contributed by atoms with van der Waals surface area (Å²) < 4.78 is 5.78. The Balaban J connectivity index is 2.03. The van der Waals surface area contributed by atoms with Crippen molar-refractivity contribution in [3.8, 4) is 5.75 Å². The van der Waals surface area contributed by atoms with E-state index < -0.39 is 4.92 Å². The van der Waals surface area contributed by atoms with Gasteiger partial charge in [-0.1, -0.05) is 23.1 Å². The van der Waals surface area contributed by atoms with Gasteiger partial charge in [0.15, 0.2) is 4.34 Å². The van der Waals surface area contributed by atoms with Crippen LogP contribution >= 0.6 is 23.1 Å². The lowest BCUT2D eigenvalue weighted by atomic mass is 10.2. The van der Waals surface area contributed by atoms with Crippen LogP contribution in [0.4, 0.5) is 11.4 Å². The number of anilines is 1. The van der Waals surface area contributed by atoms with E-state index in [2.05, 4.69) is 15.5 Å². The van der Waals surface area contributed by atoms with Gasteiger partial charge < -0.3 is 10.1 Å². The fourth-order valence-electron chi connectivity index (χ4n) is 1.56. The molecule has 0 aliphatic heterocycles. The van der Waals surface area contributed by atoms with E-state index >= 15 is 0 Å². The van der Waals surface area contributed by atoms with Gasteiger partial charge in [0.25, 0.3) is 5.69 Å². The number of carbonyl (C=O) groups is 1. The number of nitrogens with one attached hydrogen (secondary N) is 1. The van der Waals surface area contributed by atoms with E-state index in [0.29, 0.717) is 10.1 Å². The summed E-state index contributed by atoms with van der Waals surface area (Å²) in [6, 6.07) is 4.01.